The third kappa shape index (κ3) is 1.68. The molecule has 0 unspecified atom stereocenters. The van der Waals surface area contributed by atoms with Gasteiger partial charge in [-0.15, -0.1) is 0 Å². The van der Waals surface area contributed by atoms with Gasteiger partial charge in [-0.3, -0.25) is 0 Å². The molecule has 0 aliphatic heterocycles. The standard InChI is InChI=1S/C6H6N2Si2/c1-5-3-2-4-6(7-5)8(9)10/h2-4H,1H3. The van der Waals surface area contributed by atoms with Gasteiger partial charge >= 0.3 is 0 Å². The Balaban J connectivity index is 2.96. The van der Waals surface area contributed by atoms with Crippen LogP contribution in [0.15, 0.2) is 18.2 Å². The van der Waals surface area contributed by atoms with Crippen molar-refractivity contribution in [1.82, 2.24) is 4.98 Å². The van der Waals surface area contributed by atoms with E-state index in [4.69, 9.17) is 0 Å². The fourth-order valence-electron chi connectivity index (χ4n) is 0.653. The summed E-state index contributed by atoms with van der Waals surface area (Å²) in [7, 11) is 6.50. The average molecular weight is 162 g/mol. The smallest absolute Gasteiger partial charge is 0.180 e. The van der Waals surface area contributed by atoms with E-state index in [2.05, 4.69) is 25.8 Å². The first kappa shape index (κ1) is 7.49. The Morgan fingerprint density at radius 3 is 2.50 bits per heavy atom. The molecule has 0 aliphatic rings. The molecule has 2 nitrogen and oxygen atoms in total. The summed E-state index contributed by atoms with van der Waals surface area (Å²) in [6.45, 7) is 1.95. The molecule has 0 saturated heterocycles. The second-order valence-corrected chi connectivity index (χ2v) is 3.31. The molecular weight excluding hydrogens is 156 g/mol. The molecule has 0 spiro atoms. The predicted molar refractivity (Wildman–Crippen MR) is 43.0 cm³/mol. The lowest BCUT2D eigenvalue weighted by Crippen LogP contribution is -2.15. The Bertz CT molecular complexity index is 225. The third-order valence-electron chi connectivity index (χ3n) is 1.10. The zero-order valence-corrected chi connectivity index (χ0v) is 7.63. The van der Waals surface area contributed by atoms with Crippen LogP contribution < -0.4 is 4.23 Å². The number of pyridine rings is 1. The van der Waals surface area contributed by atoms with E-state index in [1.807, 2.05) is 25.1 Å². The highest BCUT2D eigenvalue weighted by molar-refractivity contribution is 6.41. The summed E-state index contributed by atoms with van der Waals surface area (Å²) in [4.78, 5) is 4.20. The van der Waals surface area contributed by atoms with Gasteiger partial charge in [-0.25, -0.2) is 4.98 Å². The van der Waals surface area contributed by atoms with Crippen molar-refractivity contribution in [2.75, 3.05) is 4.23 Å². The molecule has 6 radical (unpaired) electrons. The SMILES string of the molecule is Cc1cccc(N([Si])[Si])n1. The normalized spacial score (nSPS) is 9.50. The van der Waals surface area contributed by atoms with Gasteiger partial charge in [-0.05, 0) is 19.1 Å². The van der Waals surface area contributed by atoms with Crippen molar-refractivity contribution < 1.29 is 0 Å². The summed E-state index contributed by atoms with van der Waals surface area (Å²) in [5, 5.41) is 0. The van der Waals surface area contributed by atoms with Crippen LogP contribution >= 0.6 is 0 Å². The number of anilines is 1. The molecule has 0 fully saturated rings. The Labute approximate surface area is 67.3 Å². The van der Waals surface area contributed by atoms with Crippen LogP contribution in [-0.4, -0.2) is 25.8 Å². The maximum absolute atomic E-state index is 4.20. The number of hydrogen-bond acceptors (Lipinski definition) is 2. The summed E-state index contributed by atoms with van der Waals surface area (Å²) < 4.78 is 1.60. The van der Waals surface area contributed by atoms with Gasteiger partial charge in [-0.1, -0.05) is 6.07 Å². The molecule has 0 bridgehead atoms. The minimum atomic E-state index is 0.841. The molecule has 4 heteroatoms. The van der Waals surface area contributed by atoms with Crippen molar-refractivity contribution in [1.29, 1.82) is 0 Å². The van der Waals surface area contributed by atoms with Crippen LogP contribution in [0.4, 0.5) is 5.82 Å². The van der Waals surface area contributed by atoms with E-state index in [9.17, 15) is 0 Å². The molecule has 0 aromatic carbocycles. The van der Waals surface area contributed by atoms with E-state index >= 15 is 0 Å². The highest BCUT2D eigenvalue weighted by Crippen LogP contribution is 2.05. The topological polar surface area (TPSA) is 16.1 Å². The molecule has 1 rings (SSSR count). The predicted octanol–water partition coefficient (Wildman–Crippen LogP) is 0.363. The van der Waals surface area contributed by atoms with Gasteiger partial charge in [0.15, 0.2) is 20.8 Å². The molecule has 0 N–H and O–H groups in total. The quantitative estimate of drug-likeness (QED) is 0.554. The molecule has 0 aliphatic carbocycles. The lowest BCUT2D eigenvalue weighted by molar-refractivity contribution is 1.19. The largest absolute Gasteiger partial charge is 0.413 e. The van der Waals surface area contributed by atoms with E-state index in [0.29, 0.717) is 0 Å². The number of nitrogens with zero attached hydrogens (tertiary/aromatic N) is 2. The number of hydrogen-bond donors (Lipinski definition) is 0. The molecule has 0 atom stereocenters. The van der Waals surface area contributed by atoms with Crippen molar-refractivity contribution in [3.8, 4) is 0 Å². The van der Waals surface area contributed by atoms with Crippen LogP contribution in [0.3, 0.4) is 0 Å². The third-order valence-corrected chi connectivity index (χ3v) is 1.56. The summed E-state index contributed by atoms with van der Waals surface area (Å²) in [5.41, 5.74) is 0.999. The molecule has 10 heavy (non-hydrogen) atoms. The monoisotopic (exact) mass is 162 g/mol. The van der Waals surface area contributed by atoms with Gasteiger partial charge in [0.2, 0.25) is 0 Å². The molecular formula is C6H6N2Si2. The van der Waals surface area contributed by atoms with Crippen LogP contribution in [0.25, 0.3) is 0 Å². The number of aryl methyl sites for hydroxylation is 1. The molecule has 1 aromatic rings. The summed E-state index contributed by atoms with van der Waals surface area (Å²) in [5.74, 6) is 0.841. The van der Waals surface area contributed by atoms with Crippen LogP contribution in [0, 0.1) is 6.92 Å². The first-order valence-electron chi connectivity index (χ1n) is 2.86. The maximum Gasteiger partial charge on any atom is 0.180 e. The lowest BCUT2D eigenvalue weighted by atomic mass is 10.4. The van der Waals surface area contributed by atoms with Crippen molar-refractivity contribution in [3.05, 3.63) is 23.9 Å². The lowest BCUT2D eigenvalue weighted by Gasteiger charge is -2.10. The molecule has 1 aromatic heterocycles. The minimum Gasteiger partial charge on any atom is -0.413 e. The Hall–Kier alpha value is -0.616. The van der Waals surface area contributed by atoms with Gasteiger partial charge in [0, 0.05) is 5.69 Å². The van der Waals surface area contributed by atoms with Gasteiger partial charge in [-0.2, -0.15) is 0 Å². The second kappa shape index (κ2) is 2.98. The summed E-state index contributed by atoms with van der Waals surface area (Å²) in [6.07, 6.45) is 0. The second-order valence-electron chi connectivity index (χ2n) is 1.97. The van der Waals surface area contributed by atoms with E-state index in [0.717, 1.165) is 11.5 Å². The highest BCUT2D eigenvalue weighted by Gasteiger charge is 1.93. The van der Waals surface area contributed by atoms with E-state index in [-0.39, 0.29) is 0 Å². The Kier molecular flexibility index (Phi) is 2.23. The van der Waals surface area contributed by atoms with Crippen molar-refractivity contribution in [2.45, 2.75) is 6.92 Å². The van der Waals surface area contributed by atoms with Gasteiger partial charge < -0.3 is 4.23 Å². The van der Waals surface area contributed by atoms with Gasteiger partial charge in [0.25, 0.3) is 0 Å². The molecule has 48 valence electrons. The molecule has 1 heterocycles. The minimum absolute atomic E-state index is 0.841. The molecule has 0 saturated carbocycles. The van der Waals surface area contributed by atoms with E-state index in [1.54, 1.807) is 4.23 Å². The molecule has 0 amide bonds. The fraction of sp³-hybridized carbons (Fsp3) is 0.167. The van der Waals surface area contributed by atoms with Crippen LogP contribution in [-0.2, 0) is 0 Å². The Morgan fingerprint density at radius 2 is 2.10 bits per heavy atom. The zero-order chi connectivity index (χ0) is 7.56. The van der Waals surface area contributed by atoms with Crippen molar-refractivity contribution >= 4 is 26.6 Å². The van der Waals surface area contributed by atoms with Crippen LogP contribution in [0.1, 0.15) is 5.69 Å². The zero-order valence-electron chi connectivity index (χ0n) is 5.63. The van der Waals surface area contributed by atoms with Crippen LogP contribution in [0.5, 0.6) is 0 Å². The maximum atomic E-state index is 4.20. The van der Waals surface area contributed by atoms with Crippen molar-refractivity contribution in [3.63, 3.8) is 0 Å². The first-order valence-corrected chi connectivity index (χ1v) is 3.76. The summed E-state index contributed by atoms with van der Waals surface area (Å²) in [6, 6.07) is 5.80. The van der Waals surface area contributed by atoms with Gasteiger partial charge in [0.1, 0.15) is 5.82 Å². The number of rotatable bonds is 1. The van der Waals surface area contributed by atoms with Crippen LogP contribution in [0.2, 0.25) is 0 Å². The first-order chi connectivity index (χ1) is 4.70. The average Bonchev–Trinajstić information content (AvgIpc) is 1.88. The summed E-state index contributed by atoms with van der Waals surface area (Å²) >= 11 is 0. The number of aromatic nitrogens is 1. The van der Waals surface area contributed by atoms with E-state index in [1.165, 1.54) is 0 Å². The van der Waals surface area contributed by atoms with E-state index < -0.39 is 0 Å². The highest BCUT2D eigenvalue weighted by atomic mass is 28.2. The van der Waals surface area contributed by atoms with Crippen molar-refractivity contribution in [2.24, 2.45) is 0 Å². The Morgan fingerprint density at radius 1 is 1.40 bits per heavy atom. The van der Waals surface area contributed by atoms with Gasteiger partial charge in [0.05, 0.1) is 0 Å². The fourth-order valence-corrected chi connectivity index (χ4v) is 0.902.